The zero-order chi connectivity index (χ0) is 23.4. The number of thioether (sulfide) groups is 1. The van der Waals surface area contributed by atoms with Crippen molar-refractivity contribution < 1.29 is 9.59 Å². The van der Waals surface area contributed by atoms with E-state index in [1.807, 2.05) is 54.3 Å². The Morgan fingerprint density at radius 1 is 1.06 bits per heavy atom. The number of aryl methyl sites for hydroxylation is 2. The lowest BCUT2D eigenvalue weighted by Gasteiger charge is -2.24. The van der Waals surface area contributed by atoms with Crippen molar-refractivity contribution in [1.82, 2.24) is 10.2 Å². The molecule has 2 amide bonds. The van der Waals surface area contributed by atoms with Crippen LogP contribution in [0.5, 0.6) is 0 Å². The second kappa shape index (κ2) is 10.3. The van der Waals surface area contributed by atoms with E-state index in [0.29, 0.717) is 17.9 Å². The van der Waals surface area contributed by atoms with Crippen molar-refractivity contribution in [2.75, 3.05) is 12.3 Å². The van der Waals surface area contributed by atoms with Gasteiger partial charge in [0.1, 0.15) is 5.37 Å². The van der Waals surface area contributed by atoms with Crippen molar-refractivity contribution in [3.8, 4) is 0 Å². The third-order valence-electron chi connectivity index (χ3n) is 6.15. The average Bonchev–Trinajstić information content (AvgIpc) is 3.18. The van der Waals surface area contributed by atoms with Crippen molar-refractivity contribution in [2.45, 2.75) is 38.6 Å². The molecule has 1 saturated heterocycles. The van der Waals surface area contributed by atoms with E-state index >= 15 is 0 Å². The van der Waals surface area contributed by atoms with Crippen LogP contribution in [-0.2, 0) is 11.2 Å². The summed E-state index contributed by atoms with van der Waals surface area (Å²) in [6, 6.07) is 24.1. The van der Waals surface area contributed by atoms with Gasteiger partial charge < -0.3 is 10.2 Å². The van der Waals surface area contributed by atoms with Crippen LogP contribution in [0.4, 0.5) is 0 Å². The summed E-state index contributed by atoms with van der Waals surface area (Å²) in [7, 11) is 0. The molecule has 0 radical (unpaired) electrons. The van der Waals surface area contributed by atoms with Gasteiger partial charge in [-0.2, -0.15) is 0 Å². The van der Waals surface area contributed by atoms with E-state index in [2.05, 4.69) is 49.5 Å². The molecular formula is C28H30N2O2S. The van der Waals surface area contributed by atoms with Crippen molar-refractivity contribution in [1.29, 1.82) is 0 Å². The zero-order valence-electron chi connectivity index (χ0n) is 19.4. The SMILES string of the molecule is Cc1ccc(C(C)NC(=O)c2ccc(C3SCC(=O)N3CCc3ccccc3)cc2)c(C)c1. The van der Waals surface area contributed by atoms with E-state index in [9.17, 15) is 9.59 Å². The number of carbonyl (C=O) groups is 2. The van der Waals surface area contributed by atoms with Gasteiger partial charge in [0, 0.05) is 12.1 Å². The fraction of sp³-hybridized carbons (Fsp3) is 0.286. The first-order valence-corrected chi connectivity index (χ1v) is 12.4. The van der Waals surface area contributed by atoms with E-state index in [0.717, 1.165) is 17.5 Å². The van der Waals surface area contributed by atoms with Crippen molar-refractivity contribution in [3.63, 3.8) is 0 Å². The summed E-state index contributed by atoms with van der Waals surface area (Å²) < 4.78 is 0. The average molecular weight is 459 g/mol. The molecule has 1 aliphatic heterocycles. The molecule has 1 aliphatic rings. The summed E-state index contributed by atoms with van der Waals surface area (Å²) in [5.41, 5.74) is 6.42. The smallest absolute Gasteiger partial charge is 0.251 e. The standard InChI is InChI=1S/C28H30N2O2S/c1-19-9-14-25(20(2)17-19)21(3)29-27(32)23-10-12-24(13-11-23)28-30(26(31)18-33-28)16-15-22-7-5-4-6-8-22/h4-14,17,21,28H,15-16,18H2,1-3H3,(H,29,32). The number of rotatable bonds is 7. The number of amides is 2. The van der Waals surface area contributed by atoms with Gasteiger partial charge in [-0.1, -0.05) is 66.2 Å². The van der Waals surface area contributed by atoms with Crippen LogP contribution in [0.3, 0.4) is 0 Å². The van der Waals surface area contributed by atoms with Crippen LogP contribution in [0.2, 0.25) is 0 Å². The van der Waals surface area contributed by atoms with Crippen molar-refractivity contribution in [3.05, 3.63) is 106 Å². The molecule has 5 heteroatoms. The van der Waals surface area contributed by atoms with Crippen LogP contribution in [0.1, 0.15) is 56.5 Å². The number of benzene rings is 3. The fourth-order valence-electron chi connectivity index (χ4n) is 4.33. The third kappa shape index (κ3) is 5.48. The Bertz CT molecular complexity index is 1130. The molecule has 4 rings (SSSR count). The molecule has 0 spiro atoms. The van der Waals surface area contributed by atoms with Gasteiger partial charge in [0.05, 0.1) is 11.8 Å². The Balaban J connectivity index is 1.41. The zero-order valence-corrected chi connectivity index (χ0v) is 20.2. The lowest BCUT2D eigenvalue weighted by molar-refractivity contribution is -0.128. The highest BCUT2D eigenvalue weighted by atomic mass is 32.2. The summed E-state index contributed by atoms with van der Waals surface area (Å²) in [5.74, 6) is 0.574. The lowest BCUT2D eigenvalue weighted by atomic mass is 10.00. The van der Waals surface area contributed by atoms with Gasteiger partial charge >= 0.3 is 0 Å². The Kier molecular flexibility index (Phi) is 7.19. The molecule has 2 unspecified atom stereocenters. The second-order valence-corrected chi connectivity index (χ2v) is 9.73. The minimum atomic E-state index is -0.0925. The first kappa shape index (κ1) is 23.1. The van der Waals surface area contributed by atoms with Crippen molar-refractivity contribution >= 4 is 23.6 Å². The molecule has 3 aromatic carbocycles. The molecule has 4 nitrogen and oxygen atoms in total. The summed E-state index contributed by atoms with van der Waals surface area (Å²) in [6.07, 6.45) is 0.834. The molecule has 3 aromatic rings. The Labute approximate surface area is 200 Å². The van der Waals surface area contributed by atoms with Crippen molar-refractivity contribution in [2.24, 2.45) is 0 Å². The maximum absolute atomic E-state index is 12.8. The molecule has 1 N–H and O–H groups in total. The number of hydrogen-bond donors (Lipinski definition) is 1. The quantitative estimate of drug-likeness (QED) is 0.501. The molecule has 0 bridgehead atoms. The van der Waals surface area contributed by atoms with Gasteiger partial charge in [0.15, 0.2) is 0 Å². The van der Waals surface area contributed by atoms with Crippen LogP contribution in [0.25, 0.3) is 0 Å². The summed E-state index contributed by atoms with van der Waals surface area (Å²) in [4.78, 5) is 27.3. The maximum Gasteiger partial charge on any atom is 0.251 e. The molecule has 0 saturated carbocycles. The van der Waals surface area contributed by atoms with Crippen LogP contribution in [-0.4, -0.2) is 29.0 Å². The van der Waals surface area contributed by atoms with Gasteiger partial charge in [-0.3, -0.25) is 9.59 Å². The van der Waals surface area contributed by atoms with Gasteiger partial charge in [-0.15, -0.1) is 11.8 Å². The molecule has 33 heavy (non-hydrogen) atoms. The molecule has 1 heterocycles. The van der Waals surface area contributed by atoms with Gasteiger partial charge in [0.2, 0.25) is 5.91 Å². The number of nitrogens with zero attached hydrogens (tertiary/aromatic N) is 1. The summed E-state index contributed by atoms with van der Waals surface area (Å²) in [6.45, 7) is 6.84. The predicted octanol–water partition coefficient (Wildman–Crippen LogP) is 5.61. The van der Waals surface area contributed by atoms with Gasteiger partial charge in [0.25, 0.3) is 5.91 Å². The molecule has 2 atom stereocenters. The normalized spacial score (nSPS) is 16.6. The first-order chi connectivity index (χ1) is 15.9. The van der Waals surface area contributed by atoms with Crippen LogP contribution >= 0.6 is 11.8 Å². The van der Waals surface area contributed by atoms with E-state index < -0.39 is 0 Å². The molecule has 0 aromatic heterocycles. The lowest BCUT2D eigenvalue weighted by Crippen LogP contribution is -2.30. The summed E-state index contributed by atoms with van der Waals surface area (Å²) >= 11 is 1.65. The second-order valence-electron chi connectivity index (χ2n) is 8.66. The Hall–Kier alpha value is -3.05. The van der Waals surface area contributed by atoms with E-state index in [-0.39, 0.29) is 23.2 Å². The molecule has 170 valence electrons. The third-order valence-corrected chi connectivity index (χ3v) is 7.41. The minimum Gasteiger partial charge on any atom is -0.346 e. The van der Waals surface area contributed by atoms with Crippen LogP contribution in [0, 0.1) is 13.8 Å². The fourth-order valence-corrected chi connectivity index (χ4v) is 5.55. The topological polar surface area (TPSA) is 49.4 Å². The number of hydrogen-bond acceptors (Lipinski definition) is 3. The van der Waals surface area contributed by atoms with Crippen LogP contribution < -0.4 is 5.32 Å². The number of nitrogens with one attached hydrogen (secondary N) is 1. The van der Waals surface area contributed by atoms with E-state index in [1.165, 1.54) is 16.7 Å². The minimum absolute atomic E-state index is 0.00699. The van der Waals surface area contributed by atoms with E-state index in [1.54, 1.807) is 11.8 Å². The highest BCUT2D eigenvalue weighted by molar-refractivity contribution is 8.00. The Morgan fingerprint density at radius 3 is 2.48 bits per heavy atom. The van der Waals surface area contributed by atoms with Crippen LogP contribution in [0.15, 0.2) is 72.8 Å². The Morgan fingerprint density at radius 2 is 1.79 bits per heavy atom. The van der Waals surface area contributed by atoms with Gasteiger partial charge in [-0.25, -0.2) is 0 Å². The molecule has 1 fully saturated rings. The monoisotopic (exact) mass is 458 g/mol. The van der Waals surface area contributed by atoms with E-state index in [4.69, 9.17) is 0 Å². The molecule has 0 aliphatic carbocycles. The maximum atomic E-state index is 12.8. The largest absolute Gasteiger partial charge is 0.346 e. The molecular weight excluding hydrogens is 428 g/mol. The highest BCUT2D eigenvalue weighted by Gasteiger charge is 2.32. The van der Waals surface area contributed by atoms with Gasteiger partial charge in [-0.05, 0) is 61.6 Å². The summed E-state index contributed by atoms with van der Waals surface area (Å²) in [5, 5.41) is 3.10. The number of carbonyl (C=O) groups excluding carboxylic acids is 2. The highest BCUT2D eigenvalue weighted by Crippen LogP contribution is 2.38. The predicted molar refractivity (Wildman–Crippen MR) is 135 cm³/mol. The first-order valence-electron chi connectivity index (χ1n) is 11.4.